The van der Waals surface area contributed by atoms with Gasteiger partial charge in [-0.05, 0) is 102 Å². The average molecular weight is 667 g/mol. The molecule has 0 radical (unpaired) electrons. The summed E-state index contributed by atoms with van der Waals surface area (Å²) in [6.45, 7) is 7.88. The van der Waals surface area contributed by atoms with Crippen LogP contribution in [0.15, 0.2) is 84.9 Å². The van der Waals surface area contributed by atoms with Crippen molar-refractivity contribution in [1.82, 2.24) is 0 Å². The van der Waals surface area contributed by atoms with Gasteiger partial charge in [0.25, 0.3) is 11.8 Å². The molecule has 49 heavy (non-hydrogen) atoms. The van der Waals surface area contributed by atoms with Crippen molar-refractivity contribution in [1.29, 1.82) is 0 Å². The van der Waals surface area contributed by atoms with Gasteiger partial charge in [-0.3, -0.25) is 9.59 Å². The lowest BCUT2D eigenvalue weighted by Gasteiger charge is -2.14. The molecule has 0 saturated carbocycles. The average Bonchev–Trinajstić information content (AvgIpc) is 3.10. The summed E-state index contributed by atoms with van der Waals surface area (Å²) in [5, 5.41) is 24.9. The number of carboxylic acids is 2. The second-order valence-corrected chi connectivity index (χ2v) is 12.0. The molecule has 0 saturated heterocycles. The van der Waals surface area contributed by atoms with E-state index in [1.54, 1.807) is 36.4 Å². The van der Waals surface area contributed by atoms with Gasteiger partial charge in [0, 0.05) is 0 Å². The van der Waals surface area contributed by atoms with Gasteiger partial charge in [-0.2, -0.15) is 0 Å². The first kappa shape index (κ1) is 36.2. The van der Waals surface area contributed by atoms with Crippen LogP contribution in [0.3, 0.4) is 0 Å². The maximum absolute atomic E-state index is 12.6. The minimum atomic E-state index is -1.24. The van der Waals surface area contributed by atoms with Crippen molar-refractivity contribution < 1.29 is 38.9 Å². The third-order valence-corrected chi connectivity index (χ3v) is 8.45. The summed E-state index contributed by atoms with van der Waals surface area (Å²) in [4.78, 5) is 49.4. The highest BCUT2D eigenvalue weighted by molar-refractivity contribution is 6.02. The highest BCUT2D eigenvalue weighted by Gasteiger charge is 2.17. The number of anilines is 2. The Morgan fingerprint density at radius 3 is 1.29 bits per heavy atom. The Morgan fingerprint density at radius 1 is 0.592 bits per heavy atom. The van der Waals surface area contributed by atoms with E-state index >= 15 is 0 Å². The van der Waals surface area contributed by atoms with Crippen molar-refractivity contribution in [2.24, 2.45) is 0 Å². The molecule has 0 bridgehead atoms. The predicted octanol–water partition coefficient (Wildman–Crippen LogP) is 7.74. The van der Waals surface area contributed by atoms with E-state index in [1.807, 2.05) is 24.3 Å². The Kier molecular flexibility index (Phi) is 12.5. The fraction of sp³-hybridized carbons (Fsp3) is 0.282. The maximum atomic E-state index is 12.6. The van der Waals surface area contributed by atoms with Crippen molar-refractivity contribution in [3.63, 3.8) is 0 Å². The third-order valence-electron chi connectivity index (χ3n) is 8.45. The number of aromatic carboxylic acids is 2. The molecule has 0 unspecified atom stereocenters. The van der Waals surface area contributed by atoms with Crippen LogP contribution < -0.4 is 20.1 Å². The molecule has 4 aromatic carbocycles. The van der Waals surface area contributed by atoms with Gasteiger partial charge in [-0.25, -0.2) is 9.59 Å². The van der Waals surface area contributed by atoms with E-state index < -0.39 is 23.8 Å². The molecule has 0 aromatic heterocycles. The van der Waals surface area contributed by atoms with Gasteiger partial charge in [-0.15, -0.1) is 0 Å². The molecule has 0 aliphatic heterocycles. The standard InChI is InChI=1S/C39H42N2O8/c1-5-24(3)28-9-13-30(14-10-28)48-22-36(42)40-34-17-7-26(20-32(34)38(44)45)19-27-8-18-35(33(21-27)39(46)47)41-37(43)23-49-31-15-11-29(12-16-31)25(4)6-2/h7-18,20-21,24-25H,5-6,19,22-23H2,1-4H3,(H,40,42)(H,41,43)(H,44,45)(H,46,47)/t24-,25-/m0/s1. The van der Waals surface area contributed by atoms with Crippen LogP contribution in [-0.2, 0) is 16.0 Å². The lowest BCUT2D eigenvalue weighted by Crippen LogP contribution is -2.22. The van der Waals surface area contributed by atoms with Gasteiger partial charge >= 0.3 is 11.9 Å². The molecule has 2 atom stereocenters. The zero-order chi connectivity index (χ0) is 35.5. The zero-order valence-electron chi connectivity index (χ0n) is 28.1. The monoisotopic (exact) mass is 666 g/mol. The number of carbonyl (C=O) groups excluding carboxylic acids is 2. The number of hydrogen-bond donors (Lipinski definition) is 4. The van der Waals surface area contributed by atoms with E-state index in [1.165, 1.54) is 35.4 Å². The van der Waals surface area contributed by atoms with E-state index in [4.69, 9.17) is 9.47 Å². The molecule has 0 aliphatic carbocycles. The van der Waals surface area contributed by atoms with E-state index in [0.717, 1.165) is 12.8 Å². The van der Waals surface area contributed by atoms with Crippen LogP contribution in [0.2, 0.25) is 0 Å². The number of benzene rings is 4. The minimum Gasteiger partial charge on any atom is -0.484 e. The summed E-state index contributed by atoms with van der Waals surface area (Å²) in [5.41, 5.74) is 3.47. The van der Waals surface area contributed by atoms with Gasteiger partial charge in [0.05, 0.1) is 22.5 Å². The fourth-order valence-corrected chi connectivity index (χ4v) is 5.14. The molecule has 0 heterocycles. The van der Waals surface area contributed by atoms with Crippen LogP contribution in [0.1, 0.15) is 95.3 Å². The lowest BCUT2D eigenvalue weighted by molar-refractivity contribution is -0.118. The molecule has 10 heteroatoms. The minimum absolute atomic E-state index is 0.106. The van der Waals surface area contributed by atoms with E-state index in [9.17, 15) is 29.4 Å². The maximum Gasteiger partial charge on any atom is 0.337 e. The summed E-state index contributed by atoms with van der Waals surface area (Å²) >= 11 is 0. The van der Waals surface area contributed by atoms with E-state index in [2.05, 4.69) is 38.3 Å². The normalized spacial score (nSPS) is 12.0. The number of ether oxygens (including phenoxy) is 2. The Bertz CT molecular complexity index is 1650. The van der Waals surface area contributed by atoms with Crippen LogP contribution in [0.25, 0.3) is 0 Å². The SMILES string of the molecule is CC[C@H](C)c1ccc(OCC(=O)Nc2ccc(Cc3ccc(NC(=O)COc4ccc([C@@H](C)CC)cc4)c(C(=O)O)c3)cc2C(=O)O)cc1. The fourth-order valence-electron chi connectivity index (χ4n) is 5.14. The van der Waals surface area contributed by atoms with E-state index in [0.29, 0.717) is 34.5 Å². The molecule has 0 fully saturated rings. The summed E-state index contributed by atoms with van der Waals surface area (Å²) in [5.74, 6) is -1.64. The summed E-state index contributed by atoms with van der Waals surface area (Å²) in [6, 6.07) is 24.1. The highest BCUT2D eigenvalue weighted by Crippen LogP contribution is 2.25. The zero-order valence-corrected chi connectivity index (χ0v) is 28.1. The molecule has 4 N–H and O–H groups in total. The summed E-state index contributed by atoms with van der Waals surface area (Å²) in [6.07, 6.45) is 2.22. The largest absolute Gasteiger partial charge is 0.484 e. The van der Waals surface area contributed by atoms with Gasteiger partial charge in [0.15, 0.2) is 13.2 Å². The molecule has 4 rings (SSSR count). The number of hydrogen-bond acceptors (Lipinski definition) is 6. The molecule has 10 nitrogen and oxygen atoms in total. The van der Waals surface area contributed by atoms with Crippen molar-refractivity contribution in [3.8, 4) is 11.5 Å². The first-order valence-corrected chi connectivity index (χ1v) is 16.2. The Morgan fingerprint density at radius 2 is 0.959 bits per heavy atom. The van der Waals surface area contributed by atoms with Crippen LogP contribution in [-0.4, -0.2) is 47.2 Å². The topological polar surface area (TPSA) is 151 Å². The first-order valence-electron chi connectivity index (χ1n) is 16.2. The number of amides is 2. The lowest BCUT2D eigenvalue weighted by atomic mass is 9.99. The molecule has 2 amide bonds. The number of nitrogens with one attached hydrogen (secondary N) is 2. The highest BCUT2D eigenvalue weighted by atomic mass is 16.5. The summed E-state index contributed by atoms with van der Waals surface area (Å²) in [7, 11) is 0. The Labute approximate surface area is 286 Å². The van der Waals surface area contributed by atoms with Crippen LogP contribution >= 0.6 is 0 Å². The van der Waals surface area contributed by atoms with Crippen molar-refractivity contribution in [2.75, 3.05) is 23.8 Å². The second-order valence-electron chi connectivity index (χ2n) is 12.0. The van der Waals surface area contributed by atoms with Gasteiger partial charge < -0.3 is 30.3 Å². The quantitative estimate of drug-likeness (QED) is 0.0948. The van der Waals surface area contributed by atoms with Gasteiger partial charge in [-0.1, -0.05) is 64.1 Å². The van der Waals surface area contributed by atoms with Crippen LogP contribution in [0, 0.1) is 0 Å². The third kappa shape index (κ3) is 10.2. The first-order chi connectivity index (χ1) is 23.5. The molecule has 256 valence electrons. The molecular weight excluding hydrogens is 624 g/mol. The molecule has 4 aromatic rings. The van der Waals surface area contributed by atoms with Gasteiger partial charge in [0.2, 0.25) is 0 Å². The smallest absolute Gasteiger partial charge is 0.337 e. The van der Waals surface area contributed by atoms with Crippen molar-refractivity contribution in [2.45, 2.75) is 58.8 Å². The van der Waals surface area contributed by atoms with Crippen LogP contribution in [0.4, 0.5) is 11.4 Å². The van der Waals surface area contributed by atoms with Crippen molar-refractivity contribution in [3.05, 3.63) is 118 Å². The predicted molar refractivity (Wildman–Crippen MR) is 188 cm³/mol. The number of carboxylic acid groups (broad SMARTS) is 2. The summed E-state index contributed by atoms with van der Waals surface area (Å²) < 4.78 is 11.2. The molecule has 0 spiro atoms. The number of carbonyl (C=O) groups is 4. The Balaban J connectivity index is 1.37. The Hall–Kier alpha value is -5.64. The van der Waals surface area contributed by atoms with Gasteiger partial charge in [0.1, 0.15) is 11.5 Å². The molecular formula is C39H42N2O8. The van der Waals surface area contributed by atoms with Crippen molar-refractivity contribution >= 4 is 35.1 Å². The van der Waals surface area contributed by atoms with E-state index in [-0.39, 0.29) is 42.1 Å². The molecule has 0 aliphatic rings. The van der Waals surface area contributed by atoms with Crippen LogP contribution in [0.5, 0.6) is 11.5 Å². The second kappa shape index (κ2) is 17.0. The number of rotatable bonds is 16.